The summed E-state index contributed by atoms with van der Waals surface area (Å²) in [4.78, 5) is 37.4. The van der Waals surface area contributed by atoms with Crippen LogP contribution in [0.4, 0.5) is 5.69 Å². The van der Waals surface area contributed by atoms with Crippen molar-refractivity contribution in [2.24, 2.45) is 15.9 Å². The van der Waals surface area contributed by atoms with E-state index in [0.717, 1.165) is 48.7 Å². The van der Waals surface area contributed by atoms with Gasteiger partial charge in [-0.2, -0.15) is 4.99 Å². The van der Waals surface area contributed by atoms with Crippen molar-refractivity contribution in [3.8, 4) is 5.75 Å². The molecule has 2 aromatic carbocycles. The van der Waals surface area contributed by atoms with Gasteiger partial charge in [-0.3, -0.25) is 4.79 Å². The van der Waals surface area contributed by atoms with Crippen LogP contribution in [0.15, 0.2) is 57.5 Å². The van der Waals surface area contributed by atoms with Gasteiger partial charge in [0.25, 0.3) is 0 Å². The minimum atomic E-state index is -1.00. The fraction of sp³-hybridized carbons (Fsp3) is 0.400. The fourth-order valence-electron chi connectivity index (χ4n) is 5.26. The van der Waals surface area contributed by atoms with Crippen LogP contribution in [0.25, 0.3) is 5.70 Å². The molecule has 3 aliphatic rings. The molecular formula is C30H34ClN5O4. The number of carbonyl (C=O) groups is 2. The number of carboxylic acid groups (broad SMARTS) is 1. The summed E-state index contributed by atoms with van der Waals surface area (Å²) in [5.41, 5.74) is 3.04. The molecule has 3 aliphatic heterocycles. The second-order valence-corrected chi connectivity index (χ2v) is 11.3. The number of nitrogens with one attached hydrogen (secondary N) is 1. The maximum atomic E-state index is 12.3. The first-order valence-corrected chi connectivity index (χ1v) is 14.0. The number of nitrogens with zero attached hydrogens (tertiary/aromatic N) is 4. The number of hydrogen-bond donors (Lipinski definition) is 2. The lowest BCUT2D eigenvalue weighted by molar-refractivity contribution is -0.134. The van der Waals surface area contributed by atoms with Crippen LogP contribution in [0.2, 0.25) is 0 Å². The summed E-state index contributed by atoms with van der Waals surface area (Å²) in [5, 5.41) is 13.5. The molecule has 5 rings (SSSR count). The van der Waals surface area contributed by atoms with Gasteiger partial charge < -0.3 is 25.0 Å². The van der Waals surface area contributed by atoms with Crippen LogP contribution < -0.4 is 15.0 Å². The minimum absolute atomic E-state index is 0.0170. The van der Waals surface area contributed by atoms with Gasteiger partial charge in [-0.05, 0) is 48.7 Å². The topological polar surface area (TPSA) is 107 Å². The van der Waals surface area contributed by atoms with Crippen LogP contribution in [-0.2, 0) is 11.2 Å². The maximum absolute atomic E-state index is 12.3. The van der Waals surface area contributed by atoms with Crippen LogP contribution in [0.1, 0.15) is 55.6 Å². The molecular weight excluding hydrogens is 530 g/mol. The second-order valence-electron chi connectivity index (χ2n) is 10.8. The largest absolute Gasteiger partial charge is 0.478 e. The molecule has 3 heterocycles. The van der Waals surface area contributed by atoms with Crippen molar-refractivity contribution in [1.82, 2.24) is 10.2 Å². The number of piperazine rings is 1. The number of amides is 1. The summed E-state index contributed by atoms with van der Waals surface area (Å²) < 4.78 is 5.88. The number of rotatable bonds is 6. The van der Waals surface area contributed by atoms with Gasteiger partial charge in [-0.15, -0.1) is 0 Å². The summed E-state index contributed by atoms with van der Waals surface area (Å²) in [7, 11) is 0. The van der Waals surface area contributed by atoms with Crippen molar-refractivity contribution in [3.05, 3.63) is 64.2 Å². The van der Waals surface area contributed by atoms with Gasteiger partial charge in [-0.1, -0.05) is 50.6 Å². The summed E-state index contributed by atoms with van der Waals surface area (Å²) in [6.07, 6.45) is 1.06. The third-order valence-electron chi connectivity index (χ3n) is 7.58. The Hall–Kier alpha value is -3.85. The molecule has 0 aromatic heterocycles. The SMILES string of the molecule is CCc1ccc(OC2=NC3(C)CC(Cl)=C(c4ccc(N5CCN(C(=O)C(C)C)CC5)cc4)NC3=N2)cc1C(=O)O. The van der Waals surface area contributed by atoms with Gasteiger partial charge in [-0.25, -0.2) is 9.79 Å². The van der Waals surface area contributed by atoms with E-state index in [9.17, 15) is 14.7 Å². The van der Waals surface area contributed by atoms with Gasteiger partial charge in [0.1, 0.15) is 17.1 Å². The second kappa shape index (κ2) is 11.0. The van der Waals surface area contributed by atoms with Crippen LogP contribution >= 0.6 is 11.6 Å². The highest BCUT2D eigenvalue weighted by atomic mass is 35.5. The third kappa shape index (κ3) is 5.43. The molecule has 10 heteroatoms. The highest BCUT2D eigenvalue weighted by Gasteiger charge is 2.42. The van der Waals surface area contributed by atoms with Crippen molar-refractivity contribution >= 4 is 46.7 Å². The zero-order valence-corrected chi connectivity index (χ0v) is 24.0. The van der Waals surface area contributed by atoms with E-state index < -0.39 is 11.5 Å². The number of aromatic carboxylic acids is 1. The lowest BCUT2D eigenvalue weighted by Crippen LogP contribution is -2.49. The van der Waals surface area contributed by atoms with Crippen LogP contribution in [-0.4, -0.2) is 65.5 Å². The van der Waals surface area contributed by atoms with E-state index in [2.05, 4.69) is 32.3 Å². The average Bonchev–Trinajstić information content (AvgIpc) is 3.26. The predicted molar refractivity (Wildman–Crippen MR) is 157 cm³/mol. The molecule has 1 amide bonds. The zero-order valence-electron chi connectivity index (χ0n) is 23.2. The number of halogens is 1. The quantitative estimate of drug-likeness (QED) is 0.525. The van der Waals surface area contributed by atoms with Gasteiger partial charge >= 0.3 is 12.0 Å². The van der Waals surface area contributed by atoms with Crippen LogP contribution in [0.5, 0.6) is 5.75 Å². The molecule has 1 unspecified atom stereocenters. The van der Waals surface area contributed by atoms with Crippen molar-refractivity contribution < 1.29 is 19.4 Å². The molecule has 40 heavy (non-hydrogen) atoms. The number of ether oxygens (including phenoxy) is 1. The van der Waals surface area contributed by atoms with Crippen LogP contribution in [0.3, 0.4) is 0 Å². The summed E-state index contributed by atoms with van der Waals surface area (Å²) >= 11 is 6.77. The smallest absolute Gasteiger partial charge is 0.336 e. The average molecular weight is 564 g/mol. The first-order valence-electron chi connectivity index (χ1n) is 13.6. The van der Waals surface area contributed by atoms with E-state index in [1.807, 2.05) is 44.7 Å². The Kier molecular flexibility index (Phi) is 7.59. The molecule has 9 nitrogen and oxygen atoms in total. The molecule has 0 spiro atoms. The number of aliphatic imine (C=N–C) groups is 2. The Balaban J connectivity index is 1.27. The molecule has 2 N–H and O–H groups in total. The van der Waals surface area contributed by atoms with E-state index in [1.165, 1.54) is 6.07 Å². The standard InChI is InChI=1S/C30H34ClN5O4/c1-5-19-8-11-22(16-23(19)27(38)39)40-29-33-28-30(4,34-29)17-24(31)25(32-28)20-6-9-21(10-7-20)35-12-14-36(15-13-35)26(37)18(2)3/h6-11,16,18H,5,12-15,17H2,1-4H3,(H,38,39)(H,32,33,34). The number of carboxylic acids is 1. The van der Waals surface area contributed by atoms with E-state index in [-0.39, 0.29) is 23.4 Å². The number of carbonyl (C=O) groups excluding carboxylic acids is 1. The lowest BCUT2D eigenvalue weighted by Gasteiger charge is -2.37. The van der Waals surface area contributed by atoms with E-state index in [4.69, 9.17) is 16.3 Å². The van der Waals surface area contributed by atoms with Crippen molar-refractivity contribution in [1.29, 1.82) is 0 Å². The molecule has 210 valence electrons. The number of anilines is 1. The summed E-state index contributed by atoms with van der Waals surface area (Å²) in [6, 6.07) is 13.3. The first-order chi connectivity index (χ1) is 19.1. The Morgan fingerprint density at radius 2 is 1.82 bits per heavy atom. The summed E-state index contributed by atoms with van der Waals surface area (Å²) in [5.74, 6) is 0.214. The molecule has 0 aliphatic carbocycles. The normalized spacial score (nSPS) is 20.6. The Morgan fingerprint density at radius 3 is 2.45 bits per heavy atom. The van der Waals surface area contributed by atoms with Crippen molar-refractivity contribution in [3.63, 3.8) is 0 Å². The molecule has 1 atom stereocenters. The van der Waals surface area contributed by atoms with Gasteiger partial charge in [0.15, 0.2) is 0 Å². The zero-order chi connectivity index (χ0) is 28.6. The lowest BCUT2D eigenvalue weighted by atomic mass is 9.91. The van der Waals surface area contributed by atoms with E-state index in [1.54, 1.807) is 12.1 Å². The highest BCUT2D eigenvalue weighted by Crippen LogP contribution is 2.37. The van der Waals surface area contributed by atoms with Crippen molar-refractivity contribution in [2.75, 3.05) is 31.1 Å². The molecule has 2 aromatic rings. The van der Waals surface area contributed by atoms with Crippen molar-refractivity contribution in [2.45, 2.75) is 46.1 Å². The molecule has 1 saturated heterocycles. The summed E-state index contributed by atoms with van der Waals surface area (Å²) in [6.45, 7) is 10.8. The predicted octanol–water partition coefficient (Wildman–Crippen LogP) is 4.76. The fourth-order valence-corrected chi connectivity index (χ4v) is 5.68. The number of benzene rings is 2. The number of aryl methyl sites for hydroxylation is 1. The molecule has 0 saturated carbocycles. The van der Waals surface area contributed by atoms with E-state index in [0.29, 0.717) is 29.5 Å². The van der Waals surface area contributed by atoms with Crippen LogP contribution in [0, 0.1) is 5.92 Å². The first kappa shape index (κ1) is 27.7. The number of amidine groups is 2. The minimum Gasteiger partial charge on any atom is -0.478 e. The third-order valence-corrected chi connectivity index (χ3v) is 7.90. The number of fused-ring (bicyclic) bond motifs is 1. The molecule has 1 fully saturated rings. The number of hydrogen-bond acceptors (Lipinski definition) is 7. The van der Waals surface area contributed by atoms with Gasteiger partial charge in [0, 0.05) is 49.2 Å². The highest BCUT2D eigenvalue weighted by molar-refractivity contribution is 6.34. The Labute approximate surface area is 239 Å². The maximum Gasteiger partial charge on any atom is 0.336 e. The Morgan fingerprint density at radius 1 is 1.12 bits per heavy atom. The van der Waals surface area contributed by atoms with Gasteiger partial charge in [0.2, 0.25) is 5.91 Å². The van der Waals surface area contributed by atoms with E-state index >= 15 is 0 Å². The monoisotopic (exact) mass is 563 g/mol. The molecule has 0 radical (unpaired) electrons. The Bertz CT molecular complexity index is 1420. The molecule has 0 bridgehead atoms. The van der Waals surface area contributed by atoms with Gasteiger partial charge in [0.05, 0.1) is 11.3 Å².